The molecule has 0 radical (unpaired) electrons. The summed E-state index contributed by atoms with van der Waals surface area (Å²) in [5, 5.41) is 0. The lowest BCUT2D eigenvalue weighted by molar-refractivity contribution is 0.0962. The Hall–Kier alpha value is -8.80. The highest BCUT2D eigenvalue weighted by Crippen LogP contribution is 2.65. The van der Waals surface area contributed by atoms with Crippen molar-refractivity contribution in [3.63, 3.8) is 0 Å². The Morgan fingerprint density at radius 1 is 0.621 bits per heavy atom. The van der Waals surface area contributed by atoms with E-state index >= 15 is 4.39 Å². The van der Waals surface area contributed by atoms with Crippen molar-refractivity contribution in [1.29, 1.82) is 0 Å². The Balaban J connectivity index is 0.668. The molecule has 0 amide bonds. The molecule has 17 rings (SSSR count). The third kappa shape index (κ3) is 10.1. The molecule has 5 aromatic carbocycles. The van der Waals surface area contributed by atoms with E-state index in [2.05, 4.69) is 217 Å². The fourth-order valence-electron chi connectivity index (χ4n) is 19.4. The number of nitrogens with zero attached hydrogens (tertiary/aromatic N) is 2. The summed E-state index contributed by atoms with van der Waals surface area (Å²) in [6.07, 6.45) is 61.0. The Kier molecular flexibility index (Phi) is 15.6. The topological polar surface area (TPSA) is 15.7 Å². The third-order valence-electron chi connectivity index (χ3n) is 23.8. The van der Waals surface area contributed by atoms with Crippen molar-refractivity contribution in [1.82, 2.24) is 4.90 Å². The molecule has 0 saturated carbocycles. The predicted molar refractivity (Wildman–Crippen MR) is 387 cm³/mol. The van der Waals surface area contributed by atoms with Gasteiger partial charge in [0.25, 0.3) is 0 Å². The van der Waals surface area contributed by atoms with E-state index in [0.29, 0.717) is 24.7 Å². The minimum Gasteiger partial charge on any atom is -0.489 e. The number of ether oxygens (including phenoxy) is 1. The quantitative estimate of drug-likeness (QED) is 0.103. The van der Waals surface area contributed by atoms with Crippen LogP contribution in [0.15, 0.2) is 299 Å². The Bertz CT molecular complexity index is 4440. The van der Waals surface area contributed by atoms with Crippen LogP contribution >= 0.6 is 0 Å². The molecule has 5 aromatic rings. The summed E-state index contributed by atoms with van der Waals surface area (Å²) in [4.78, 5) is 4.96. The summed E-state index contributed by atoms with van der Waals surface area (Å²) in [5.74, 6) is 2.01. The first kappa shape index (κ1) is 59.9. The number of fused-ring (bicyclic) bond motifs is 6. The monoisotopic (exact) mass is 1250 g/mol. The molecule has 0 N–H and O–H groups in total. The minimum atomic E-state index is -0.810. The van der Waals surface area contributed by atoms with Gasteiger partial charge in [0.2, 0.25) is 0 Å². The van der Waals surface area contributed by atoms with Crippen molar-refractivity contribution >= 4 is 17.5 Å². The maximum atomic E-state index is 15.2. The molecule has 0 saturated heterocycles. The van der Waals surface area contributed by atoms with Crippen molar-refractivity contribution in [2.75, 3.05) is 4.90 Å². The smallest absolute Gasteiger partial charge is 0.123 e. The zero-order valence-corrected chi connectivity index (χ0v) is 54.8. The van der Waals surface area contributed by atoms with Crippen LogP contribution in [0.3, 0.4) is 0 Å². The Labute approximate surface area is 561 Å². The number of hydrogen-bond acceptors (Lipinski definition) is 3. The summed E-state index contributed by atoms with van der Waals surface area (Å²) in [6.45, 7) is 8.29. The number of allylic oxidation sites excluding steroid dienone is 25. The zero-order valence-electron chi connectivity index (χ0n) is 54.8. The van der Waals surface area contributed by atoms with Gasteiger partial charge in [0.05, 0.1) is 11.5 Å². The SMILES string of the molecule is C=Cc1ccc(C2(C3=CCCCC3)c3ccccc3-c3ccc(-c4cccc(N(C5=CC6=C(CC5)C5C=CC(N(C7=CC(C8C=CC9=C(C8)C(C8=CCC(C=C)C=C8)(C8CC=CCC8)C8=C9CCC=C8)=CCC7)C7=CCC(F)CC7)CC5O6)c5ccc(F)cc5)c4)cc32)cc1. The van der Waals surface area contributed by atoms with Gasteiger partial charge in [-0.15, -0.1) is 6.58 Å². The molecule has 95 heavy (non-hydrogen) atoms. The molecule has 11 aliphatic carbocycles. The molecular weight excluding hydrogens is 1160 g/mol. The number of hydrogen-bond donors (Lipinski definition) is 0. The number of halogens is 2. The fraction of sp³-hybridized carbons (Fsp3) is 0.311. The molecule has 9 atom stereocenters. The summed E-state index contributed by atoms with van der Waals surface area (Å²) in [7, 11) is 0. The molecule has 9 unspecified atom stereocenters. The van der Waals surface area contributed by atoms with Crippen molar-refractivity contribution in [3.8, 4) is 22.3 Å². The first-order chi connectivity index (χ1) is 46.8. The van der Waals surface area contributed by atoms with Crippen molar-refractivity contribution in [3.05, 3.63) is 327 Å². The Morgan fingerprint density at radius 2 is 1.51 bits per heavy atom. The molecule has 1 heterocycles. The molecule has 12 aliphatic rings. The van der Waals surface area contributed by atoms with E-state index in [1.54, 1.807) is 28.9 Å². The molecule has 1 aliphatic heterocycles. The van der Waals surface area contributed by atoms with Crippen LogP contribution in [0.1, 0.15) is 144 Å². The standard InChI is InChI=1S/C90H86F2N2O/c1-3-59-29-35-67(36-30-59)89(65-19-7-5-8-20-65)83-27-13-11-25-77(83)79-49-33-63(55-85(79)89)61-17-15-23-73(53-61)93(71-43-39-69(91)40-44-71)75-47-51-81-82-52-48-76(58-88(82)95-87(81)57-75)94(72-45-41-70(92)42-46-72)74-24-16-18-62(54-74)64-34-50-80-78-26-12-14-28-84(78)90(86(80)56-64,66-21-9-6-10-22-66)68-37-31-60(4-2)32-38-68/h3-5,7,12-14,16-18,21,24,26-29,31-38,41-43,45-47,49-51,53-54,56,58-59,63,65,69,75,81,87H,1-2,6,8-11,15,19-20,22-23,25,30,39-40,44,48,52,55,57H2. The number of anilines is 2. The third-order valence-corrected chi connectivity index (χ3v) is 23.8. The molecular formula is C90H86F2N2O. The molecule has 3 nitrogen and oxygen atoms in total. The van der Waals surface area contributed by atoms with Gasteiger partial charge in [0.15, 0.2) is 0 Å². The van der Waals surface area contributed by atoms with Crippen LogP contribution in [0.5, 0.6) is 0 Å². The van der Waals surface area contributed by atoms with E-state index < -0.39 is 11.6 Å². The van der Waals surface area contributed by atoms with E-state index in [4.69, 9.17) is 4.74 Å². The number of alkyl halides is 1. The van der Waals surface area contributed by atoms with Gasteiger partial charge in [-0.05, 0) is 266 Å². The van der Waals surface area contributed by atoms with Gasteiger partial charge >= 0.3 is 0 Å². The van der Waals surface area contributed by atoms with E-state index in [-0.39, 0.29) is 35.2 Å². The lowest BCUT2D eigenvalue weighted by atomic mass is 9.56. The van der Waals surface area contributed by atoms with Crippen LogP contribution in [0.4, 0.5) is 20.2 Å². The van der Waals surface area contributed by atoms with Crippen LogP contribution in [0, 0.1) is 34.9 Å². The summed E-state index contributed by atoms with van der Waals surface area (Å²) in [6, 6.07) is 41.3. The van der Waals surface area contributed by atoms with Crippen molar-refractivity contribution < 1.29 is 13.5 Å². The number of benzene rings is 5. The van der Waals surface area contributed by atoms with Gasteiger partial charge < -0.3 is 14.5 Å². The average molecular weight is 1250 g/mol. The largest absolute Gasteiger partial charge is 0.489 e. The second-order valence-corrected chi connectivity index (χ2v) is 28.8. The second-order valence-electron chi connectivity index (χ2n) is 28.8. The van der Waals surface area contributed by atoms with Gasteiger partial charge in [-0.25, -0.2) is 8.78 Å². The van der Waals surface area contributed by atoms with Gasteiger partial charge in [-0.1, -0.05) is 182 Å². The van der Waals surface area contributed by atoms with Gasteiger partial charge in [-0.3, -0.25) is 0 Å². The van der Waals surface area contributed by atoms with E-state index in [1.807, 2.05) is 18.2 Å². The molecule has 476 valence electrons. The van der Waals surface area contributed by atoms with E-state index in [1.165, 1.54) is 86.3 Å². The highest BCUT2D eigenvalue weighted by atomic mass is 19.1. The van der Waals surface area contributed by atoms with Crippen molar-refractivity contribution in [2.45, 2.75) is 146 Å². The average Bonchev–Trinajstić information content (AvgIpc) is 1.56. The highest BCUT2D eigenvalue weighted by molar-refractivity contribution is 5.89. The molecule has 0 bridgehead atoms. The molecule has 5 heteroatoms. The first-order valence-corrected chi connectivity index (χ1v) is 35.9. The predicted octanol–water partition coefficient (Wildman–Crippen LogP) is 23.2. The maximum absolute atomic E-state index is 15.2. The van der Waals surface area contributed by atoms with E-state index in [9.17, 15) is 4.39 Å². The van der Waals surface area contributed by atoms with Gasteiger partial charge in [0.1, 0.15) is 23.9 Å². The van der Waals surface area contributed by atoms with Gasteiger partial charge in [-0.2, -0.15) is 0 Å². The van der Waals surface area contributed by atoms with E-state index in [0.717, 1.165) is 129 Å². The highest BCUT2D eigenvalue weighted by Gasteiger charge is 2.54. The van der Waals surface area contributed by atoms with Crippen molar-refractivity contribution in [2.24, 2.45) is 29.1 Å². The summed E-state index contributed by atoms with van der Waals surface area (Å²) < 4.78 is 37.5. The molecule has 0 aromatic heterocycles. The maximum Gasteiger partial charge on any atom is 0.123 e. The summed E-state index contributed by atoms with van der Waals surface area (Å²) >= 11 is 0. The van der Waals surface area contributed by atoms with Gasteiger partial charge in [0, 0.05) is 52.1 Å². The number of rotatable bonds is 14. The van der Waals surface area contributed by atoms with Crippen LogP contribution in [-0.4, -0.2) is 23.2 Å². The lowest BCUT2D eigenvalue weighted by Crippen LogP contribution is -2.40. The lowest BCUT2D eigenvalue weighted by Gasteiger charge is -2.46. The normalized spacial score (nSPS) is 28.5. The second kappa shape index (κ2) is 24.8. The van der Waals surface area contributed by atoms with Crippen LogP contribution in [0.2, 0.25) is 0 Å². The zero-order chi connectivity index (χ0) is 63.8. The van der Waals surface area contributed by atoms with Crippen LogP contribution in [0.25, 0.3) is 28.3 Å². The Morgan fingerprint density at radius 3 is 2.32 bits per heavy atom. The minimum absolute atomic E-state index is 0.0374. The molecule has 0 spiro atoms. The summed E-state index contributed by atoms with van der Waals surface area (Å²) in [5.41, 5.74) is 27.1. The van der Waals surface area contributed by atoms with Crippen LogP contribution < -0.4 is 4.90 Å². The first-order valence-electron chi connectivity index (χ1n) is 35.9. The molecule has 0 fully saturated rings. The fourth-order valence-corrected chi connectivity index (χ4v) is 19.4. The van der Waals surface area contributed by atoms with Crippen LogP contribution in [-0.2, 0) is 10.2 Å².